The average Bonchev–Trinajstić information content (AvgIpc) is 1.87. The molecule has 0 aliphatic rings. The highest BCUT2D eigenvalue weighted by atomic mass is 79.9. The maximum absolute atomic E-state index is 10.6. The Bertz CT molecular complexity index is 153. The minimum atomic E-state index is -1.34. The molecule has 0 saturated heterocycles. The van der Waals surface area contributed by atoms with Gasteiger partial charge in [0.25, 0.3) is 0 Å². The molecule has 0 radical (unpaired) electrons. The molecule has 0 spiro atoms. The van der Waals surface area contributed by atoms with Crippen molar-refractivity contribution in [1.29, 1.82) is 0 Å². The summed E-state index contributed by atoms with van der Waals surface area (Å²) in [4.78, 5) is 19.8. The molecule has 0 heterocycles. The normalized spacial score (nSPS) is 10.4. The van der Waals surface area contributed by atoms with Gasteiger partial charge in [0.15, 0.2) is 3.74 Å². The van der Waals surface area contributed by atoms with Gasteiger partial charge in [-0.3, -0.25) is 0 Å². The molecule has 0 rings (SSSR count). The summed E-state index contributed by atoms with van der Waals surface area (Å²) in [5.74, 6) is -1.77. The first-order valence-corrected chi connectivity index (χ1v) is 4.97. The van der Waals surface area contributed by atoms with Crippen molar-refractivity contribution < 1.29 is 14.3 Å². The molecule has 0 aromatic rings. The second kappa shape index (κ2) is 5.35. The van der Waals surface area contributed by atoms with Gasteiger partial charge in [0, 0.05) is 0 Å². The molecule has 0 fully saturated rings. The fourth-order valence-corrected chi connectivity index (χ4v) is 0.464. The Balaban J connectivity index is 3.86. The third-order valence-corrected chi connectivity index (χ3v) is 1.66. The molecule has 11 heavy (non-hydrogen) atoms. The van der Waals surface area contributed by atoms with Crippen LogP contribution in [0.15, 0.2) is 0 Å². The molecule has 0 bridgehead atoms. The number of esters is 2. The number of hydrogen-bond acceptors (Lipinski definition) is 3. The van der Waals surface area contributed by atoms with Crippen molar-refractivity contribution in [2.24, 2.45) is 0 Å². The quantitative estimate of drug-likeness (QED) is 0.442. The standard InChI is InChI=1S/C4H2Br2Cl2O3/c5-1(6)3(9)11-4(10)2(7)8/h1-2H. The molecule has 0 aromatic carbocycles. The van der Waals surface area contributed by atoms with Crippen molar-refractivity contribution >= 4 is 67.0 Å². The van der Waals surface area contributed by atoms with Crippen LogP contribution in [0.2, 0.25) is 0 Å². The van der Waals surface area contributed by atoms with Crippen LogP contribution in [0.1, 0.15) is 0 Å². The third kappa shape index (κ3) is 5.00. The Hall–Kier alpha value is 0.680. The van der Waals surface area contributed by atoms with E-state index in [2.05, 4.69) is 36.6 Å². The number of carbonyl (C=O) groups excluding carboxylic acids is 2. The van der Waals surface area contributed by atoms with Gasteiger partial charge >= 0.3 is 11.9 Å². The molecule has 0 aliphatic heterocycles. The number of ether oxygens (including phenoxy) is 1. The topological polar surface area (TPSA) is 43.4 Å². The van der Waals surface area contributed by atoms with E-state index in [1.54, 1.807) is 0 Å². The van der Waals surface area contributed by atoms with E-state index in [1.807, 2.05) is 0 Å². The molecule has 0 saturated carbocycles. The van der Waals surface area contributed by atoms with E-state index < -0.39 is 20.5 Å². The predicted octanol–water partition coefficient (Wildman–Crippen LogP) is 1.98. The SMILES string of the molecule is O=C(OC(=O)C(Br)Br)C(Cl)Cl. The van der Waals surface area contributed by atoms with E-state index >= 15 is 0 Å². The van der Waals surface area contributed by atoms with Gasteiger partial charge in [-0.15, -0.1) is 0 Å². The van der Waals surface area contributed by atoms with Crippen molar-refractivity contribution in [3.63, 3.8) is 0 Å². The summed E-state index contributed by atoms with van der Waals surface area (Å²) in [5.41, 5.74) is 0. The molecule has 64 valence electrons. The molecular formula is C4H2Br2Cl2O3. The fraction of sp³-hybridized carbons (Fsp3) is 0.500. The third-order valence-electron chi connectivity index (χ3n) is 0.558. The van der Waals surface area contributed by atoms with Crippen LogP contribution in [0.4, 0.5) is 0 Å². The van der Waals surface area contributed by atoms with Gasteiger partial charge in [0.2, 0.25) is 4.84 Å². The van der Waals surface area contributed by atoms with Gasteiger partial charge in [-0.2, -0.15) is 0 Å². The van der Waals surface area contributed by atoms with Crippen LogP contribution in [-0.4, -0.2) is 20.5 Å². The van der Waals surface area contributed by atoms with E-state index in [-0.39, 0.29) is 0 Å². The van der Waals surface area contributed by atoms with E-state index in [1.165, 1.54) is 0 Å². The summed E-state index contributed by atoms with van der Waals surface area (Å²) in [5, 5.41) is 0. The minimum absolute atomic E-state index is 0.731. The average molecular weight is 329 g/mol. The first-order chi connectivity index (χ1) is 4.95. The van der Waals surface area contributed by atoms with Crippen LogP contribution in [0, 0.1) is 0 Å². The van der Waals surface area contributed by atoms with Crippen LogP contribution in [0.5, 0.6) is 0 Å². The lowest BCUT2D eigenvalue weighted by Gasteiger charge is -2.02. The van der Waals surface area contributed by atoms with Gasteiger partial charge in [-0.25, -0.2) is 9.59 Å². The highest BCUT2D eigenvalue weighted by Crippen LogP contribution is 2.12. The minimum Gasteiger partial charge on any atom is -0.390 e. The summed E-state index contributed by atoms with van der Waals surface area (Å²) in [6, 6.07) is 0. The van der Waals surface area contributed by atoms with Crippen LogP contribution < -0.4 is 0 Å². The summed E-state index contributed by atoms with van der Waals surface area (Å²) in [6.07, 6.45) is 0. The van der Waals surface area contributed by atoms with Crippen molar-refractivity contribution in [3.8, 4) is 0 Å². The predicted molar refractivity (Wildman–Crippen MR) is 48.2 cm³/mol. The first-order valence-electron chi connectivity index (χ1n) is 2.27. The fourth-order valence-electron chi connectivity index (χ4n) is 0.188. The molecule has 7 heteroatoms. The maximum Gasteiger partial charge on any atom is 0.347 e. The Labute approximate surface area is 89.6 Å². The lowest BCUT2D eigenvalue weighted by Crippen LogP contribution is -2.21. The Morgan fingerprint density at radius 1 is 1.18 bits per heavy atom. The molecule has 0 amide bonds. The second-order valence-electron chi connectivity index (χ2n) is 1.34. The number of carbonyl (C=O) groups is 2. The molecule has 0 unspecified atom stereocenters. The highest BCUT2D eigenvalue weighted by Gasteiger charge is 2.21. The number of hydrogen-bond donors (Lipinski definition) is 0. The van der Waals surface area contributed by atoms with Crippen molar-refractivity contribution in [3.05, 3.63) is 0 Å². The molecular weight excluding hydrogens is 327 g/mol. The van der Waals surface area contributed by atoms with Crippen molar-refractivity contribution in [1.82, 2.24) is 0 Å². The van der Waals surface area contributed by atoms with Gasteiger partial charge < -0.3 is 4.74 Å². The van der Waals surface area contributed by atoms with Crippen LogP contribution >= 0.6 is 55.1 Å². The number of halogens is 4. The van der Waals surface area contributed by atoms with Crippen LogP contribution in [0.3, 0.4) is 0 Å². The van der Waals surface area contributed by atoms with E-state index in [9.17, 15) is 9.59 Å². The zero-order chi connectivity index (χ0) is 9.02. The maximum atomic E-state index is 10.6. The van der Waals surface area contributed by atoms with E-state index in [0.29, 0.717) is 0 Å². The van der Waals surface area contributed by atoms with E-state index in [4.69, 9.17) is 23.2 Å². The molecule has 0 aromatic heterocycles. The summed E-state index contributed by atoms with van der Waals surface area (Å²) >= 11 is 15.8. The summed E-state index contributed by atoms with van der Waals surface area (Å²) in [7, 11) is 0. The van der Waals surface area contributed by atoms with Crippen LogP contribution in [-0.2, 0) is 14.3 Å². The smallest absolute Gasteiger partial charge is 0.347 e. The molecule has 0 aliphatic carbocycles. The van der Waals surface area contributed by atoms with Crippen LogP contribution in [0.25, 0.3) is 0 Å². The summed E-state index contributed by atoms with van der Waals surface area (Å²) < 4.78 is 3.41. The van der Waals surface area contributed by atoms with Gasteiger partial charge in [-0.1, -0.05) is 55.1 Å². The molecule has 0 N–H and O–H groups in total. The molecule has 0 atom stereocenters. The Morgan fingerprint density at radius 3 is 1.91 bits per heavy atom. The lowest BCUT2D eigenvalue weighted by atomic mass is 10.7. The second-order valence-corrected chi connectivity index (χ2v) is 5.50. The van der Waals surface area contributed by atoms with Gasteiger partial charge in [0.05, 0.1) is 0 Å². The van der Waals surface area contributed by atoms with Crippen molar-refractivity contribution in [2.45, 2.75) is 8.57 Å². The zero-order valence-electron chi connectivity index (χ0n) is 4.89. The zero-order valence-corrected chi connectivity index (χ0v) is 9.58. The van der Waals surface area contributed by atoms with E-state index in [0.717, 1.165) is 0 Å². The number of alkyl halides is 4. The monoisotopic (exact) mass is 326 g/mol. The Morgan fingerprint density at radius 2 is 1.64 bits per heavy atom. The largest absolute Gasteiger partial charge is 0.390 e. The van der Waals surface area contributed by atoms with Gasteiger partial charge in [0.1, 0.15) is 0 Å². The number of rotatable bonds is 2. The highest BCUT2D eigenvalue weighted by molar-refractivity contribution is 9.25. The molecule has 3 nitrogen and oxygen atoms in total. The first kappa shape index (κ1) is 11.7. The summed E-state index contributed by atoms with van der Waals surface area (Å²) in [6.45, 7) is 0. The lowest BCUT2D eigenvalue weighted by molar-refractivity contribution is -0.156. The van der Waals surface area contributed by atoms with Crippen molar-refractivity contribution in [2.75, 3.05) is 0 Å². The Kier molecular flexibility index (Phi) is 5.68. The van der Waals surface area contributed by atoms with Gasteiger partial charge in [-0.05, 0) is 0 Å².